The van der Waals surface area contributed by atoms with Crippen LogP contribution in [0.1, 0.15) is 0 Å². The predicted molar refractivity (Wildman–Crippen MR) is 79.5 cm³/mol. The second kappa shape index (κ2) is 5.20. The Morgan fingerprint density at radius 3 is 2.15 bits per heavy atom. The zero-order chi connectivity index (χ0) is 13.9. The third-order valence-electron chi connectivity index (χ3n) is 3.29. The Labute approximate surface area is 117 Å². The zero-order valence-corrected chi connectivity index (χ0v) is 11.1. The standard InChI is InChI=1S/C13H17N7/c14-10-9-11(15)18-13(17-10)20-7-5-19(6-8-20)12-3-1-2-4-16-12/h1-4,9H,5-8H2,(H4,14,15,17,18). The van der Waals surface area contributed by atoms with E-state index >= 15 is 0 Å². The molecule has 2 aromatic rings. The van der Waals surface area contributed by atoms with Crippen LogP contribution in [0.3, 0.4) is 0 Å². The van der Waals surface area contributed by atoms with Crippen molar-refractivity contribution in [2.24, 2.45) is 0 Å². The summed E-state index contributed by atoms with van der Waals surface area (Å²) < 4.78 is 0. The molecule has 1 fully saturated rings. The molecular formula is C13H17N7. The van der Waals surface area contributed by atoms with Crippen LogP contribution in [0.5, 0.6) is 0 Å². The Morgan fingerprint density at radius 1 is 0.900 bits per heavy atom. The van der Waals surface area contributed by atoms with Gasteiger partial charge in [-0.2, -0.15) is 9.97 Å². The maximum atomic E-state index is 5.71. The number of pyridine rings is 1. The first kappa shape index (κ1) is 12.5. The highest BCUT2D eigenvalue weighted by molar-refractivity contribution is 5.49. The van der Waals surface area contributed by atoms with Crippen LogP contribution in [-0.2, 0) is 0 Å². The van der Waals surface area contributed by atoms with Crippen molar-refractivity contribution in [3.63, 3.8) is 0 Å². The van der Waals surface area contributed by atoms with Crippen LogP contribution in [0.15, 0.2) is 30.5 Å². The molecule has 0 spiro atoms. The van der Waals surface area contributed by atoms with E-state index in [-0.39, 0.29) is 0 Å². The van der Waals surface area contributed by atoms with Gasteiger partial charge in [-0.05, 0) is 12.1 Å². The fraction of sp³-hybridized carbons (Fsp3) is 0.308. The van der Waals surface area contributed by atoms with Gasteiger partial charge in [-0.3, -0.25) is 0 Å². The smallest absolute Gasteiger partial charge is 0.229 e. The number of nitrogen functional groups attached to an aromatic ring is 2. The summed E-state index contributed by atoms with van der Waals surface area (Å²) >= 11 is 0. The molecule has 0 bridgehead atoms. The van der Waals surface area contributed by atoms with Gasteiger partial charge < -0.3 is 21.3 Å². The van der Waals surface area contributed by atoms with Gasteiger partial charge in [0, 0.05) is 38.4 Å². The average Bonchev–Trinajstić information content (AvgIpc) is 2.47. The minimum atomic E-state index is 0.402. The van der Waals surface area contributed by atoms with Crippen molar-refractivity contribution in [3.05, 3.63) is 30.5 Å². The summed E-state index contributed by atoms with van der Waals surface area (Å²) in [6.45, 7) is 3.38. The maximum absolute atomic E-state index is 5.71. The van der Waals surface area contributed by atoms with Gasteiger partial charge in [0.1, 0.15) is 17.5 Å². The van der Waals surface area contributed by atoms with Crippen LogP contribution in [0.4, 0.5) is 23.4 Å². The summed E-state index contributed by atoms with van der Waals surface area (Å²) in [5.74, 6) is 2.41. The molecular weight excluding hydrogens is 254 g/mol. The number of nitrogens with zero attached hydrogens (tertiary/aromatic N) is 5. The third kappa shape index (κ3) is 2.56. The van der Waals surface area contributed by atoms with Crippen LogP contribution in [0, 0.1) is 0 Å². The first-order valence-corrected chi connectivity index (χ1v) is 6.53. The van der Waals surface area contributed by atoms with Crippen molar-refractivity contribution in [1.29, 1.82) is 0 Å². The van der Waals surface area contributed by atoms with Gasteiger partial charge in [0.2, 0.25) is 5.95 Å². The van der Waals surface area contributed by atoms with E-state index in [0.29, 0.717) is 17.6 Å². The van der Waals surface area contributed by atoms with Gasteiger partial charge in [0.25, 0.3) is 0 Å². The lowest BCUT2D eigenvalue weighted by molar-refractivity contribution is 0.635. The van der Waals surface area contributed by atoms with Crippen molar-refractivity contribution in [2.75, 3.05) is 47.4 Å². The molecule has 0 atom stereocenters. The molecule has 3 heterocycles. The second-order valence-electron chi connectivity index (χ2n) is 4.68. The van der Waals surface area contributed by atoms with Gasteiger partial charge in [-0.25, -0.2) is 4.98 Å². The first-order valence-electron chi connectivity index (χ1n) is 6.53. The Kier molecular flexibility index (Phi) is 3.24. The van der Waals surface area contributed by atoms with Gasteiger partial charge in [-0.15, -0.1) is 0 Å². The number of hydrogen-bond acceptors (Lipinski definition) is 7. The number of nitrogens with two attached hydrogens (primary N) is 2. The lowest BCUT2D eigenvalue weighted by Crippen LogP contribution is -2.47. The van der Waals surface area contributed by atoms with Crippen molar-refractivity contribution in [1.82, 2.24) is 15.0 Å². The van der Waals surface area contributed by atoms with Gasteiger partial charge in [-0.1, -0.05) is 6.07 Å². The SMILES string of the molecule is Nc1cc(N)nc(N2CCN(c3ccccn3)CC2)n1. The quantitative estimate of drug-likeness (QED) is 0.814. The summed E-state index contributed by atoms with van der Waals surface area (Å²) in [5, 5.41) is 0. The first-order chi connectivity index (χ1) is 9.72. The zero-order valence-electron chi connectivity index (χ0n) is 11.1. The average molecular weight is 271 g/mol. The minimum Gasteiger partial charge on any atom is -0.383 e. The highest BCUT2D eigenvalue weighted by atomic mass is 15.3. The molecule has 7 nitrogen and oxygen atoms in total. The number of anilines is 4. The highest BCUT2D eigenvalue weighted by Crippen LogP contribution is 2.17. The number of piperazine rings is 1. The largest absolute Gasteiger partial charge is 0.383 e. The summed E-state index contributed by atoms with van der Waals surface area (Å²) in [6, 6.07) is 7.50. The maximum Gasteiger partial charge on any atom is 0.229 e. The van der Waals surface area contributed by atoms with Gasteiger partial charge >= 0.3 is 0 Å². The van der Waals surface area contributed by atoms with E-state index < -0.39 is 0 Å². The van der Waals surface area contributed by atoms with E-state index in [1.807, 2.05) is 24.4 Å². The van der Waals surface area contributed by atoms with Crippen molar-refractivity contribution in [2.45, 2.75) is 0 Å². The van der Waals surface area contributed by atoms with Crippen LogP contribution < -0.4 is 21.3 Å². The minimum absolute atomic E-state index is 0.402. The van der Waals surface area contributed by atoms with Crippen LogP contribution in [0.2, 0.25) is 0 Å². The Hall–Kier alpha value is -2.57. The van der Waals surface area contributed by atoms with E-state index in [0.717, 1.165) is 32.0 Å². The molecule has 2 aromatic heterocycles. The molecule has 4 N–H and O–H groups in total. The summed E-state index contributed by atoms with van der Waals surface area (Å²) in [5.41, 5.74) is 11.4. The number of aromatic nitrogens is 3. The molecule has 0 aromatic carbocycles. The van der Waals surface area contributed by atoms with E-state index in [2.05, 4.69) is 24.8 Å². The topological polar surface area (TPSA) is 97.2 Å². The molecule has 0 aliphatic carbocycles. The molecule has 1 saturated heterocycles. The van der Waals surface area contributed by atoms with Crippen molar-refractivity contribution in [3.8, 4) is 0 Å². The van der Waals surface area contributed by atoms with Crippen LogP contribution in [0.25, 0.3) is 0 Å². The fourth-order valence-corrected chi connectivity index (χ4v) is 2.29. The van der Waals surface area contributed by atoms with Crippen LogP contribution in [-0.4, -0.2) is 41.1 Å². The lowest BCUT2D eigenvalue weighted by atomic mass is 10.3. The molecule has 0 amide bonds. The lowest BCUT2D eigenvalue weighted by Gasteiger charge is -2.35. The van der Waals surface area contributed by atoms with E-state index in [4.69, 9.17) is 11.5 Å². The second-order valence-corrected chi connectivity index (χ2v) is 4.68. The summed E-state index contributed by atoms with van der Waals surface area (Å²) in [7, 11) is 0. The molecule has 20 heavy (non-hydrogen) atoms. The molecule has 7 heteroatoms. The van der Waals surface area contributed by atoms with Gasteiger partial charge in [0.15, 0.2) is 0 Å². The van der Waals surface area contributed by atoms with Crippen molar-refractivity contribution >= 4 is 23.4 Å². The molecule has 0 unspecified atom stereocenters. The van der Waals surface area contributed by atoms with Crippen LogP contribution >= 0.6 is 0 Å². The Morgan fingerprint density at radius 2 is 1.55 bits per heavy atom. The normalized spacial score (nSPS) is 15.4. The highest BCUT2D eigenvalue weighted by Gasteiger charge is 2.20. The number of hydrogen-bond donors (Lipinski definition) is 2. The Bertz CT molecular complexity index is 558. The molecule has 104 valence electrons. The van der Waals surface area contributed by atoms with E-state index in [1.165, 1.54) is 0 Å². The van der Waals surface area contributed by atoms with E-state index in [9.17, 15) is 0 Å². The molecule has 1 aliphatic rings. The molecule has 0 radical (unpaired) electrons. The van der Waals surface area contributed by atoms with E-state index in [1.54, 1.807) is 6.07 Å². The Balaban J connectivity index is 1.69. The van der Waals surface area contributed by atoms with Gasteiger partial charge in [0.05, 0.1) is 0 Å². The number of rotatable bonds is 2. The molecule has 3 rings (SSSR count). The fourth-order valence-electron chi connectivity index (χ4n) is 2.29. The third-order valence-corrected chi connectivity index (χ3v) is 3.29. The summed E-state index contributed by atoms with van der Waals surface area (Å²) in [6.07, 6.45) is 1.81. The monoisotopic (exact) mass is 271 g/mol. The molecule has 0 saturated carbocycles. The van der Waals surface area contributed by atoms with Crippen molar-refractivity contribution < 1.29 is 0 Å². The predicted octanol–water partition coefficient (Wildman–Crippen LogP) is 0.363. The molecule has 1 aliphatic heterocycles. The summed E-state index contributed by atoms with van der Waals surface area (Å²) in [4.78, 5) is 17.2.